The minimum absolute atomic E-state index is 0.294. The lowest BCUT2D eigenvalue weighted by atomic mass is 10.1. The van der Waals surface area contributed by atoms with Crippen LogP contribution in [0.3, 0.4) is 0 Å². The first-order valence-electron chi connectivity index (χ1n) is 9.57. The van der Waals surface area contributed by atoms with Crippen molar-refractivity contribution in [2.24, 2.45) is 5.73 Å². The molecule has 0 spiro atoms. The Kier molecular flexibility index (Phi) is 5.53. The van der Waals surface area contributed by atoms with E-state index in [0.29, 0.717) is 6.79 Å². The zero-order chi connectivity index (χ0) is 19.3. The second kappa shape index (κ2) is 8.39. The van der Waals surface area contributed by atoms with Crippen LogP contribution in [-0.4, -0.2) is 50.5 Å². The van der Waals surface area contributed by atoms with Gasteiger partial charge in [0.1, 0.15) is 6.10 Å². The fourth-order valence-electron chi connectivity index (χ4n) is 3.71. The third kappa shape index (κ3) is 4.31. The summed E-state index contributed by atoms with van der Waals surface area (Å²) in [6.45, 7) is 4.92. The lowest BCUT2D eigenvalue weighted by molar-refractivity contribution is 0.0910. The molecule has 2 aromatic carbocycles. The average molecular weight is 383 g/mol. The normalized spacial score (nSPS) is 17.4. The van der Waals surface area contributed by atoms with Crippen LogP contribution >= 0.6 is 0 Å². The molecule has 2 aliphatic rings. The van der Waals surface area contributed by atoms with Crippen molar-refractivity contribution in [3.05, 3.63) is 54.1 Å². The van der Waals surface area contributed by atoms with Gasteiger partial charge in [0.25, 0.3) is 0 Å². The molecule has 28 heavy (non-hydrogen) atoms. The molecular weight excluding hydrogens is 358 g/mol. The highest BCUT2D eigenvalue weighted by Gasteiger charge is 2.22. The molecule has 1 atom stereocenters. The lowest BCUT2D eigenvalue weighted by Gasteiger charge is -2.36. The number of nitrogens with zero attached hydrogens (tertiary/aromatic N) is 2. The van der Waals surface area contributed by atoms with E-state index in [0.717, 1.165) is 61.9 Å². The summed E-state index contributed by atoms with van der Waals surface area (Å²) in [6, 6.07) is 15.8. The van der Waals surface area contributed by atoms with E-state index in [1.165, 1.54) is 0 Å². The zero-order valence-electron chi connectivity index (χ0n) is 15.8. The summed E-state index contributed by atoms with van der Waals surface area (Å²) in [6.07, 6.45) is -0.330. The van der Waals surface area contributed by atoms with E-state index in [1.807, 2.05) is 42.5 Å². The molecule has 7 nitrogen and oxygen atoms in total. The summed E-state index contributed by atoms with van der Waals surface area (Å²) in [5.74, 6) is 1.62. The van der Waals surface area contributed by atoms with Crippen LogP contribution in [-0.2, 0) is 4.74 Å². The Hall–Kier alpha value is -2.93. The zero-order valence-corrected chi connectivity index (χ0v) is 15.8. The van der Waals surface area contributed by atoms with Crippen LogP contribution in [0.4, 0.5) is 10.5 Å². The number of hydrogen-bond donors (Lipinski definition) is 1. The van der Waals surface area contributed by atoms with Crippen LogP contribution in [0.5, 0.6) is 11.5 Å². The lowest BCUT2D eigenvalue weighted by Crippen LogP contribution is -2.46. The smallest absolute Gasteiger partial charge is 0.405 e. The van der Waals surface area contributed by atoms with Crippen molar-refractivity contribution in [1.82, 2.24) is 4.90 Å². The summed E-state index contributed by atoms with van der Waals surface area (Å²) < 4.78 is 16.2. The third-order valence-electron chi connectivity index (χ3n) is 5.23. The second-order valence-corrected chi connectivity index (χ2v) is 6.99. The Morgan fingerprint density at radius 2 is 1.79 bits per heavy atom. The van der Waals surface area contributed by atoms with Crippen molar-refractivity contribution < 1.29 is 19.0 Å². The number of carbonyl (C=O) groups excluding carboxylic acids is 1. The van der Waals surface area contributed by atoms with E-state index >= 15 is 0 Å². The number of primary amides is 1. The van der Waals surface area contributed by atoms with Gasteiger partial charge in [-0.05, 0) is 17.7 Å². The molecular formula is C21H25N3O4. The van der Waals surface area contributed by atoms with Gasteiger partial charge < -0.3 is 24.8 Å². The van der Waals surface area contributed by atoms with Gasteiger partial charge in [0.2, 0.25) is 6.79 Å². The average Bonchev–Trinajstić information content (AvgIpc) is 3.20. The van der Waals surface area contributed by atoms with Gasteiger partial charge in [-0.3, -0.25) is 4.90 Å². The van der Waals surface area contributed by atoms with E-state index in [1.54, 1.807) is 0 Å². The van der Waals surface area contributed by atoms with Crippen molar-refractivity contribution in [3.63, 3.8) is 0 Å². The maximum absolute atomic E-state index is 11.3. The number of nitrogens with two attached hydrogens (primary N) is 1. The Bertz CT molecular complexity index is 807. The molecule has 0 aliphatic carbocycles. The Balaban J connectivity index is 1.30. The molecule has 2 N–H and O–H groups in total. The summed E-state index contributed by atoms with van der Waals surface area (Å²) >= 11 is 0. The molecule has 4 rings (SSSR count). The number of ether oxygens (including phenoxy) is 3. The van der Waals surface area contributed by atoms with Gasteiger partial charge in [0, 0.05) is 50.9 Å². The van der Waals surface area contributed by atoms with Gasteiger partial charge in [0.05, 0.1) is 0 Å². The van der Waals surface area contributed by atoms with Gasteiger partial charge in [-0.15, -0.1) is 0 Å². The minimum Gasteiger partial charge on any atom is -0.454 e. The van der Waals surface area contributed by atoms with Crippen LogP contribution in [0.2, 0.25) is 0 Å². The maximum Gasteiger partial charge on any atom is 0.405 e. The maximum atomic E-state index is 11.3. The van der Waals surface area contributed by atoms with Gasteiger partial charge in [-0.1, -0.05) is 30.3 Å². The Morgan fingerprint density at radius 3 is 2.54 bits per heavy atom. The monoisotopic (exact) mass is 383 g/mol. The highest BCUT2D eigenvalue weighted by molar-refractivity contribution is 5.65. The fraction of sp³-hybridized carbons (Fsp3) is 0.381. The molecule has 0 bridgehead atoms. The van der Waals surface area contributed by atoms with Gasteiger partial charge in [-0.25, -0.2) is 4.79 Å². The highest BCUT2D eigenvalue weighted by Crippen LogP contribution is 2.35. The molecule has 1 amide bonds. The SMILES string of the molecule is NC(=O)OC(CCN1CCN(c2ccc3c(c2)OCO3)CC1)c1ccccc1. The number of benzene rings is 2. The van der Waals surface area contributed by atoms with E-state index in [2.05, 4.69) is 15.9 Å². The van der Waals surface area contributed by atoms with Gasteiger partial charge >= 0.3 is 6.09 Å². The van der Waals surface area contributed by atoms with Crippen molar-refractivity contribution in [1.29, 1.82) is 0 Å². The topological polar surface area (TPSA) is 77.3 Å². The summed E-state index contributed by atoms with van der Waals surface area (Å²) in [5.41, 5.74) is 7.39. The number of carbonyl (C=O) groups is 1. The number of piperazine rings is 1. The van der Waals surface area contributed by atoms with E-state index < -0.39 is 6.09 Å². The van der Waals surface area contributed by atoms with E-state index in [9.17, 15) is 4.79 Å². The van der Waals surface area contributed by atoms with Gasteiger partial charge in [-0.2, -0.15) is 0 Å². The van der Waals surface area contributed by atoms with Crippen molar-refractivity contribution >= 4 is 11.8 Å². The van der Waals surface area contributed by atoms with Crippen LogP contribution in [0, 0.1) is 0 Å². The van der Waals surface area contributed by atoms with Crippen LogP contribution in [0.25, 0.3) is 0 Å². The number of amides is 1. The van der Waals surface area contributed by atoms with Crippen molar-refractivity contribution in [2.45, 2.75) is 12.5 Å². The molecule has 1 unspecified atom stereocenters. The van der Waals surface area contributed by atoms with E-state index in [-0.39, 0.29) is 6.10 Å². The van der Waals surface area contributed by atoms with Gasteiger partial charge in [0.15, 0.2) is 11.5 Å². The number of hydrogen-bond acceptors (Lipinski definition) is 6. The Labute approximate surface area is 164 Å². The second-order valence-electron chi connectivity index (χ2n) is 6.99. The molecule has 1 saturated heterocycles. The number of anilines is 1. The predicted octanol–water partition coefficient (Wildman–Crippen LogP) is 2.76. The molecule has 2 aliphatic heterocycles. The first kappa shape index (κ1) is 18.4. The molecule has 148 valence electrons. The molecule has 7 heteroatoms. The Morgan fingerprint density at radius 1 is 1.04 bits per heavy atom. The number of fused-ring (bicyclic) bond motifs is 1. The minimum atomic E-state index is -0.735. The fourth-order valence-corrected chi connectivity index (χ4v) is 3.71. The van der Waals surface area contributed by atoms with Crippen LogP contribution < -0.4 is 20.1 Å². The number of rotatable bonds is 6. The summed E-state index contributed by atoms with van der Waals surface area (Å²) in [4.78, 5) is 16.0. The quantitative estimate of drug-likeness (QED) is 0.827. The predicted molar refractivity (Wildman–Crippen MR) is 106 cm³/mol. The molecule has 0 aromatic heterocycles. The van der Waals surface area contributed by atoms with Crippen LogP contribution in [0.1, 0.15) is 18.1 Å². The van der Waals surface area contributed by atoms with Crippen LogP contribution in [0.15, 0.2) is 48.5 Å². The molecule has 2 aromatic rings. The largest absolute Gasteiger partial charge is 0.454 e. The van der Waals surface area contributed by atoms with E-state index in [4.69, 9.17) is 19.9 Å². The van der Waals surface area contributed by atoms with Crippen molar-refractivity contribution in [2.75, 3.05) is 44.4 Å². The molecule has 1 fully saturated rings. The third-order valence-corrected chi connectivity index (χ3v) is 5.23. The standard InChI is InChI=1S/C21H25N3O4/c22-21(25)28-18(16-4-2-1-3-5-16)8-9-23-10-12-24(13-11-23)17-6-7-19-20(14-17)27-15-26-19/h1-7,14,18H,8-13,15H2,(H2,22,25). The highest BCUT2D eigenvalue weighted by atomic mass is 16.7. The van der Waals surface area contributed by atoms with Crippen molar-refractivity contribution in [3.8, 4) is 11.5 Å². The molecule has 2 heterocycles. The first-order chi connectivity index (χ1) is 13.7. The molecule has 0 saturated carbocycles. The molecule has 0 radical (unpaired) electrons. The summed E-state index contributed by atoms with van der Waals surface area (Å²) in [5, 5.41) is 0. The summed E-state index contributed by atoms with van der Waals surface area (Å²) in [7, 11) is 0. The first-order valence-corrected chi connectivity index (χ1v) is 9.57.